The van der Waals surface area contributed by atoms with Crippen molar-refractivity contribution >= 4 is 5.97 Å². The Morgan fingerprint density at radius 1 is 1.05 bits per heavy atom. The molecule has 4 heteroatoms. The molecule has 0 aliphatic heterocycles. The lowest BCUT2D eigenvalue weighted by Crippen LogP contribution is -2.56. The summed E-state index contributed by atoms with van der Waals surface area (Å²) < 4.78 is 0. The van der Waals surface area contributed by atoms with Crippen LogP contribution < -0.4 is 5.32 Å². The topological polar surface area (TPSA) is 52.6 Å². The van der Waals surface area contributed by atoms with Crippen molar-refractivity contribution in [3.05, 3.63) is 0 Å². The zero-order valence-electron chi connectivity index (χ0n) is 14.1. The molecule has 0 amide bonds. The molecule has 0 saturated heterocycles. The molecule has 0 aromatic rings. The van der Waals surface area contributed by atoms with Crippen LogP contribution in [0.4, 0.5) is 0 Å². The van der Waals surface area contributed by atoms with Crippen molar-refractivity contribution in [1.82, 2.24) is 10.2 Å². The van der Waals surface area contributed by atoms with E-state index < -0.39 is 5.97 Å². The molecular formula is C18H32N2O2. The lowest BCUT2D eigenvalue weighted by Gasteiger charge is -2.45. The smallest absolute Gasteiger partial charge is 0.317 e. The van der Waals surface area contributed by atoms with Crippen molar-refractivity contribution in [3.63, 3.8) is 0 Å². The van der Waals surface area contributed by atoms with Crippen LogP contribution in [0.3, 0.4) is 0 Å². The summed E-state index contributed by atoms with van der Waals surface area (Å²) in [6, 6.07) is 1.80. The Morgan fingerprint density at radius 3 is 2.36 bits per heavy atom. The van der Waals surface area contributed by atoms with E-state index in [1.807, 2.05) is 0 Å². The maximum absolute atomic E-state index is 11.1. The van der Waals surface area contributed by atoms with Crippen LogP contribution in [-0.2, 0) is 4.79 Å². The number of hydrogen-bond acceptors (Lipinski definition) is 3. The van der Waals surface area contributed by atoms with Gasteiger partial charge in [-0.3, -0.25) is 9.69 Å². The Hall–Kier alpha value is -0.610. The number of rotatable bonds is 7. The highest BCUT2D eigenvalue weighted by Crippen LogP contribution is 2.35. The molecule has 3 unspecified atom stereocenters. The fourth-order valence-electron chi connectivity index (χ4n) is 4.20. The predicted molar refractivity (Wildman–Crippen MR) is 87.8 cm³/mol. The second kappa shape index (κ2) is 6.88. The van der Waals surface area contributed by atoms with E-state index in [2.05, 4.69) is 24.1 Å². The third kappa shape index (κ3) is 4.23. The largest absolute Gasteiger partial charge is 0.480 e. The number of carboxylic acids is 1. The van der Waals surface area contributed by atoms with E-state index in [0.717, 1.165) is 37.1 Å². The number of nitrogens with zero attached hydrogens (tertiary/aromatic N) is 1. The van der Waals surface area contributed by atoms with E-state index >= 15 is 0 Å². The normalized spacial score (nSPS) is 38.8. The Bertz CT molecular complexity index is 391. The monoisotopic (exact) mass is 308 g/mol. The summed E-state index contributed by atoms with van der Waals surface area (Å²) in [5.74, 6) is 1.80. The van der Waals surface area contributed by atoms with E-state index in [4.69, 9.17) is 5.11 Å². The van der Waals surface area contributed by atoms with Crippen molar-refractivity contribution in [2.45, 2.75) is 76.9 Å². The lowest BCUT2D eigenvalue weighted by atomic mass is 9.77. The minimum absolute atomic E-state index is 0.228. The van der Waals surface area contributed by atoms with Gasteiger partial charge in [-0.1, -0.05) is 13.8 Å². The first-order valence-electron chi connectivity index (χ1n) is 9.23. The van der Waals surface area contributed by atoms with Crippen LogP contribution in [0.15, 0.2) is 0 Å². The first-order valence-corrected chi connectivity index (χ1v) is 9.23. The van der Waals surface area contributed by atoms with Gasteiger partial charge in [0, 0.05) is 24.7 Å². The van der Waals surface area contributed by atoms with Crippen molar-refractivity contribution in [2.24, 2.45) is 17.8 Å². The second-order valence-electron chi connectivity index (χ2n) is 8.22. The average Bonchev–Trinajstić information content (AvgIpc) is 3.20. The van der Waals surface area contributed by atoms with Gasteiger partial charge in [0.2, 0.25) is 0 Å². The number of hydrogen-bond donors (Lipinski definition) is 2. The molecule has 4 nitrogen and oxygen atoms in total. The summed E-state index contributed by atoms with van der Waals surface area (Å²) >= 11 is 0. The highest BCUT2D eigenvalue weighted by Gasteiger charge is 2.38. The van der Waals surface area contributed by atoms with Gasteiger partial charge in [0.05, 0.1) is 6.54 Å². The number of carbonyl (C=O) groups is 1. The molecule has 0 aromatic heterocycles. The SMILES string of the molecule is CC1CCC(NC2CC(N(CC(=O)O)CC3CC3)C2)CC1C. The molecule has 3 rings (SSSR count). The maximum Gasteiger partial charge on any atom is 0.317 e. The molecule has 22 heavy (non-hydrogen) atoms. The van der Waals surface area contributed by atoms with Crippen LogP contribution in [-0.4, -0.2) is 47.2 Å². The van der Waals surface area contributed by atoms with Gasteiger partial charge in [0.25, 0.3) is 0 Å². The summed E-state index contributed by atoms with van der Waals surface area (Å²) in [4.78, 5) is 13.3. The van der Waals surface area contributed by atoms with E-state index in [-0.39, 0.29) is 6.54 Å². The summed E-state index contributed by atoms with van der Waals surface area (Å²) in [6.45, 7) is 5.99. The quantitative estimate of drug-likeness (QED) is 0.759. The fraction of sp³-hybridized carbons (Fsp3) is 0.944. The first-order chi connectivity index (χ1) is 10.5. The van der Waals surface area contributed by atoms with Crippen LogP contribution in [0, 0.1) is 17.8 Å². The molecule has 3 saturated carbocycles. The molecule has 3 aliphatic rings. The van der Waals surface area contributed by atoms with Crippen LogP contribution in [0.25, 0.3) is 0 Å². The van der Waals surface area contributed by atoms with E-state index in [1.165, 1.54) is 32.1 Å². The molecule has 126 valence electrons. The van der Waals surface area contributed by atoms with Crippen molar-refractivity contribution in [2.75, 3.05) is 13.1 Å². The maximum atomic E-state index is 11.1. The Balaban J connectivity index is 1.41. The van der Waals surface area contributed by atoms with Gasteiger partial charge in [-0.2, -0.15) is 0 Å². The predicted octanol–water partition coefficient (Wildman–Crippen LogP) is 2.73. The molecule has 0 spiro atoms. The minimum Gasteiger partial charge on any atom is -0.480 e. The summed E-state index contributed by atoms with van der Waals surface area (Å²) in [7, 11) is 0. The van der Waals surface area contributed by atoms with Gasteiger partial charge < -0.3 is 10.4 Å². The van der Waals surface area contributed by atoms with Gasteiger partial charge in [0.15, 0.2) is 0 Å². The van der Waals surface area contributed by atoms with Crippen LogP contribution in [0.2, 0.25) is 0 Å². The summed E-state index contributed by atoms with van der Waals surface area (Å²) in [6.07, 6.45) is 8.84. The molecule has 3 atom stereocenters. The third-order valence-electron chi connectivity index (χ3n) is 6.23. The first kappa shape index (κ1) is 16.3. The Kier molecular flexibility index (Phi) is 5.08. The standard InChI is InChI=1S/C18H32N2O2/c1-12-3-6-15(7-13(12)2)19-16-8-17(9-16)20(11-18(21)22)10-14-4-5-14/h12-17,19H,3-11H2,1-2H3,(H,21,22). The molecular weight excluding hydrogens is 276 g/mol. The second-order valence-corrected chi connectivity index (χ2v) is 8.22. The minimum atomic E-state index is -0.674. The lowest BCUT2D eigenvalue weighted by molar-refractivity contribution is -0.139. The Labute approximate surface area is 134 Å². The van der Waals surface area contributed by atoms with E-state index in [9.17, 15) is 4.79 Å². The molecule has 2 N–H and O–H groups in total. The van der Waals surface area contributed by atoms with Crippen LogP contribution >= 0.6 is 0 Å². The Morgan fingerprint density at radius 2 is 1.77 bits per heavy atom. The number of carboxylic acid groups (broad SMARTS) is 1. The zero-order valence-corrected chi connectivity index (χ0v) is 14.1. The molecule has 3 fully saturated rings. The zero-order chi connectivity index (χ0) is 15.7. The average molecular weight is 308 g/mol. The van der Waals surface area contributed by atoms with E-state index in [0.29, 0.717) is 18.1 Å². The summed E-state index contributed by atoms with van der Waals surface area (Å²) in [5.41, 5.74) is 0. The van der Waals surface area contributed by atoms with Gasteiger partial charge in [0.1, 0.15) is 0 Å². The van der Waals surface area contributed by atoms with Gasteiger partial charge in [-0.25, -0.2) is 0 Å². The molecule has 0 heterocycles. The third-order valence-corrected chi connectivity index (χ3v) is 6.23. The molecule has 0 aromatic carbocycles. The van der Waals surface area contributed by atoms with E-state index in [1.54, 1.807) is 0 Å². The van der Waals surface area contributed by atoms with Crippen molar-refractivity contribution in [3.8, 4) is 0 Å². The van der Waals surface area contributed by atoms with Gasteiger partial charge in [-0.15, -0.1) is 0 Å². The van der Waals surface area contributed by atoms with Crippen molar-refractivity contribution in [1.29, 1.82) is 0 Å². The fourth-order valence-corrected chi connectivity index (χ4v) is 4.20. The van der Waals surface area contributed by atoms with Crippen LogP contribution in [0.5, 0.6) is 0 Å². The molecule has 0 radical (unpaired) electrons. The number of nitrogens with one attached hydrogen (secondary N) is 1. The van der Waals surface area contributed by atoms with Gasteiger partial charge >= 0.3 is 5.97 Å². The van der Waals surface area contributed by atoms with Crippen molar-refractivity contribution < 1.29 is 9.90 Å². The highest BCUT2D eigenvalue weighted by atomic mass is 16.4. The number of aliphatic carboxylic acids is 1. The van der Waals surface area contributed by atoms with Crippen LogP contribution in [0.1, 0.15) is 58.8 Å². The molecule has 0 bridgehead atoms. The summed E-state index contributed by atoms with van der Waals surface area (Å²) in [5, 5.41) is 12.9. The van der Waals surface area contributed by atoms with Gasteiger partial charge in [-0.05, 0) is 62.7 Å². The highest BCUT2D eigenvalue weighted by molar-refractivity contribution is 5.69. The molecule has 3 aliphatic carbocycles.